The van der Waals surface area contributed by atoms with Gasteiger partial charge in [-0.25, -0.2) is 0 Å². The van der Waals surface area contributed by atoms with Crippen molar-refractivity contribution in [3.05, 3.63) is 12.2 Å². The van der Waals surface area contributed by atoms with Crippen molar-refractivity contribution in [2.24, 2.45) is 0 Å². The average molecular weight is 255 g/mol. The van der Waals surface area contributed by atoms with Gasteiger partial charge in [-0.15, -0.1) is 0 Å². The van der Waals surface area contributed by atoms with Crippen molar-refractivity contribution < 1.29 is 0 Å². The molecule has 0 heterocycles. The summed E-state index contributed by atoms with van der Waals surface area (Å²) < 4.78 is 0.441. The SMILES string of the molecule is CCC(CC)(CNC1/C=C/CCCCC1)SC. The van der Waals surface area contributed by atoms with Crippen LogP contribution in [0.2, 0.25) is 0 Å². The molecule has 0 amide bonds. The van der Waals surface area contributed by atoms with E-state index in [4.69, 9.17) is 0 Å². The molecule has 0 fully saturated rings. The number of hydrogen-bond acceptors (Lipinski definition) is 2. The van der Waals surface area contributed by atoms with Crippen LogP contribution in [0.4, 0.5) is 0 Å². The second-order valence-electron chi connectivity index (χ2n) is 5.15. The molecule has 1 aliphatic rings. The normalized spacial score (nSPS) is 24.1. The zero-order chi connectivity index (χ0) is 12.6. The maximum Gasteiger partial charge on any atom is 0.0276 e. The molecular formula is C15H29NS. The summed E-state index contributed by atoms with van der Waals surface area (Å²) in [7, 11) is 0. The number of hydrogen-bond donors (Lipinski definition) is 1. The molecule has 1 aliphatic carbocycles. The first kappa shape index (κ1) is 15.1. The molecule has 1 nitrogen and oxygen atoms in total. The first-order valence-corrected chi connectivity index (χ1v) is 8.44. The minimum Gasteiger partial charge on any atom is -0.309 e. The molecule has 1 rings (SSSR count). The molecule has 0 spiro atoms. The smallest absolute Gasteiger partial charge is 0.0276 e. The van der Waals surface area contributed by atoms with E-state index in [9.17, 15) is 0 Å². The van der Waals surface area contributed by atoms with Gasteiger partial charge in [0.25, 0.3) is 0 Å². The summed E-state index contributed by atoms with van der Waals surface area (Å²) in [6.07, 6.45) is 16.3. The third-order valence-corrected chi connectivity index (χ3v) is 5.75. The van der Waals surface area contributed by atoms with E-state index in [-0.39, 0.29) is 0 Å². The van der Waals surface area contributed by atoms with Crippen LogP contribution in [0.25, 0.3) is 0 Å². The molecule has 100 valence electrons. The van der Waals surface area contributed by atoms with E-state index in [0.29, 0.717) is 10.8 Å². The van der Waals surface area contributed by atoms with Crippen LogP contribution in [0.1, 0.15) is 58.8 Å². The minimum atomic E-state index is 0.441. The lowest BCUT2D eigenvalue weighted by Crippen LogP contribution is -2.41. The quantitative estimate of drug-likeness (QED) is 0.707. The summed E-state index contributed by atoms with van der Waals surface area (Å²) in [5.74, 6) is 0. The Balaban J connectivity index is 2.43. The lowest BCUT2D eigenvalue weighted by atomic mass is 9.99. The zero-order valence-corrected chi connectivity index (χ0v) is 12.6. The van der Waals surface area contributed by atoms with E-state index >= 15 is 0 Å². The number of nitrogens with one attached hydrogen (secondary N) is 1. The first-order chi connectivity index (χ1) is 8.26. The molecule has 17 heavy (non-hydrogen) atoms. The maximum atomic E-state index is 3.78. The van der Waals surface area contributed by atoms with E-state index < -0.39 is 0 Å². The Kier molecular flexibility index (Phi) is 7.29. The molecule has 0 aliphatic heterocycles. The van der Waals surface area contributed by atoms with Crippen LogP contribution in [-0.2, 0) is 0 Å². The number of allylic oxidation sites excluding steroid dienone is 1. The standard InChI is InChI=1S/C15H29NS/c1-4-15(5-2,17-3)13-16-14-11-9-7-6-8-10-12-14/h9,11,14,16H,4-8,10,12-13H2,1-3H3/b11-9+. The summed E-state index contributed by atoms with van der Waals surface area (Å²) >= 11 is 2.03. The van der Waals surface area contributed by atoms with Crippen molar-refractivity contribution in [1.82, 2.24) is 5.32 Å². The zero-order valence-electron chi connectivity index (χ0n) is 11.8. The van der Waals surface area contributed by atoms with E-state index in [0.717, 1.165) is 6.54 Å². The molecule has 0 radical (unpaired) electrons. The third-order valence-electron chi connectivity index (χ3n) is 4.16. The van der Waals surface area contributed by atoms with Gasteiger partial charge in [-0.2, -0.15) is 11.8 Å². The Morgan fingerprint density at radius 1 is 1.24 bits per heavy atom. The molecular weight excluding hydrogens is 226 g/mol. The van der Waals surface area contributed by atoms with E-state index in [1.54, 1.807) is 0 Å². The Morgan fingerprint density at radius 2 is 2.00 bits per heavy atom. The lowest BCUT2D eigenvalue weighted by molar-refractivity contribution is 0.444. The molecule has 0 aromatic heterocycles. The van der Waals surface area contributed by atoms with Crippen molar-refractivity contribution in [1.29, 1.82) is 0 Å². The van der Waals surface area contributed by atoms with E-state index in [1.165, 1.54) is 44.9 Å². The predicted molar refractivity (Wildman–Crippen MR) is 80.8 cm³/mol. The summed E-state index contributed by atoms with van der Waals surface area (Å²) in [5, 5.41) is 3.78. The summed E-state index contributed by atoms with van der Waals surface area (Å²) in [6.45, 7) is 5.78. The molecule has 0 bridgehead atoms. The highest BCUT2D eigenvalue weighted by Crippen LogP contribution is 2.29. The topological polar surface area (TPSA) is 12.0 Å². The Hall–Kier alpha value is 0.0500. The van der Waals surface area contributed by atoms with Crippen LogP contribution in [-0.4, -0.2) is 23.6 Å². The van der Waals surface area contributed by atoms with Gasteiger partial charge in [-0.3, -0.25) is 0 Å². The Morgan fingerprint density at radius 3 is 2.65 bits per heavy atom. The van der Waals surface area contributed by atoms with Gasteiger partial charge in [-0.05, 0) is 38.4 Å². The highest BCUT2D eigenvalue weighted by Gasteiger charge is 2.25. The highest BCUT2D eigenvalue weighted by molar-refractivity contribution is 8.00. The van der Waals surface area contributed by atoms with Crippen LogP contribution >= 0.6 is 11.8 Å². The molecule has 1 N–H and O–H groups in total. The molecule has 0 saturated carbocycles. The van der Waals surface area contributed by atoms with Gasteiger partial charge < -0.3 is 5.32 Å². The van der Waals surface area contributed by atoms with Crippen LogP contribution in [0.15, 0.2) is 12.2 Å². The van der Waals surface area contributed by atoms with Gasteiger partial charge >= 0.3 is 0 Å². The van der Waals surface area contributed by atoms with Crippen molar-refractivity contribution in [3.63, 3.8) is 0 Å². The first-order valence-electron chi connectivity index (χ1n) is 7.21. The van der Waals surface area contributed by atoms with Crippen molar-refractivity contribution in [2.45, 2.75) is 69.6 Å². The fourth-order valence-electron chi connectivity index (χ4n) is 2.51. The van der Waals surface area contributed by atoms with Crippen molar-refractivity contribution >= 4 is 11.8 Å². The van der Waals surface area contributed by atoms with E-state index in [2.05, 4.69) is 37.6 Å². The number of thioether (sulfide) groups is 1. The van der Waals surface area contributed by atoms with Gasteiger partial charge in [0.05, 0.1) is 0 Å². The fourth-order valence-corrected chi connectivity index (χ4v) is 3.31. The van der Waals surface area contributed by atoms with Crippen molar-refractivity contribution in [2.75, 3.05) is 12.8 Å². The summed E-state index contributed by atoms with van der Waals surface area (Å²) in [6, 6.07) is 0.611. The van der Waals surface area contributed by atoms with Crippen LogP contribution in [0, 0.1) is 0 Å². The summed E-state index contributed by atoms with van der Waals surface area (Å²) in [4.78, 5) is 0. The van der Waals surface area contributed by atoms with Crippen molar-refractivity contribution in [3.8, 4) is 0 Å². The van der Waals surface area contributed by atoms with Gasteiger partial charge in [0.1, 0.15) is 0 Å². The molecule has 1 unspecified atom stereocenters. The average Bonchev–Trinajstić information content (AvgIpc) is 2.33. The molecule has 0 saturated heterocycles. The highest BCUT2D eigenvalue weighted by atomic mass is 32.2. The summed E-state index contributed by atoms with van der Waals surface area (Å²) in [5.41, 5.74) is 0. The molecule has 0 aromatic carbocycles. The van der Waals surface area contributed by atoms with Gasteiger partial charge in [0.2, 0.25) is 0 Å². The second kappa shape index (κ2) is 8.20. The largest absolute Gasteiger partial charge is 0.309 e. The second-order valence-corrected chi connectivity index (χ2v) is 6.42. The van der Waals surface area contributed by atoms with E-state index in [1.807, 2.05) is 11.8 Å². The lowest BCUT2D eigenvalue weighted by Gasteiger charge is -2.32. The van der Waals surface area contributed by atoms with Crippen LogP contribution < -0.4 is 5.32 Å². The predicted octanol–water partition coefficient (Wildman–Crippen LogP) is 4.39. The van der Waals surface area contributed by atoms with Gasteiger partial charge in [0, 0.05) is 17.3 Å². The van der Waals surface area contributed by atoms with Crippen LogP contribution in [0.3, 0.4) is 0 Å². The van der Waals surface area contributed by atoms with Gasteiger partial charge in [0.15, 0.2) is 0 Å². The molecule has 1 atom stereocenters. The number of rotatable bonds is 6. The monoisotopic (exact) mass is 255 g/mol. The Labute approximate surface area is 112 Å². The molecule has 0 aromatic rings. The molecule has 2 heteroatoms. The maximum absolute atomic E-state index is 3.78. The minimum absolute atomic E-state index is 0.441. The Bertz CT molecular complexity index is 213. The van der Waals surface area contributed by atoms with Gasteiger partial charge in [-0.1, -0.05) is 38.8 Å². The third kappa shape index (κ3) is 5.05. The van der Waals surface area contributed by atoms with Crippen LogP contribution in [0.5, 0.6) is 0 Å². The fraction of sp³-hybridized carbons (Fsp3) is 0.867.